The molecule has 2 aliphatic rings. The van der Waals surface area contributed by atoms with Crippen LogP contribution < -0.4 is 5.73 Å². The average Bonchev–Trinajstić information content (AvgIpc) is 2.74. The molecule has 1 heteroatoms. The van der Waals surface area contributed by atoms with E-state index in [0.29, 0.717) is 0 Å². The molecule has 2 N–H and O–H groups in total. The smallest absolute Gasteiger partial charge is 0.0158 e. The summed E-state index contributed by atoms with van der Waals surface area (Å²) in [6.07, 6.45) is 9.68. The molecule has 0 aromatic heterocycles. The summed E-state index contributed by atoms with van der Waals surface area (Å²) < 4.78 is 0. The van der Waals surface area contributed by atoms with Gasteiger partial charge in [-0.05, 0) is 31.1 Å². The lowest BCUT2D eigenvalue weighted by atomic mass is 9.77. The van der Waals surface area contributed by atoms with Crippen molar-refractivity contribution in [3.8, 4) is 0 Å². The Morgan fingerprint density at radius 3 is 2.50 bits per heavy atom. The lowest BCUT2D eigenvalue weighted by molar-refractivity contribution is 0.224. The molecule has 2 saturated carbocycles. The standard InChI is InChI=1S/C11H21N/c1-9-4-2-3-5-10(9)8-11(12)6-7-11/h9-10H,2-8,12H2,1H3. The van der Waals surface area contributed by atoms with Gasteiger partial charge < -0.3 is 5.73 Å². The molecule has 0 aromatic carbocycles. The van der Waals surface area contributed by atoms with Crippen molar-refractivity contribution in [2.75, 3.05) is 0 Å². The van der Waals surface area contributed by atoms with Gasteiger partial charge in [-0.3, -0.25) is 0 Å². The number of rotatable bonds is 2. The van der Waals surface area contributed by atoms with Crippen molar-refractivity contribution in [1.82, 2.24) is 0 Å². The Hall–Kier alpha value is -0.0400. The van der Waals surface area contributed by atoms with E-state index < -0.39 is 0 Å². The Bertz CT molecular complexity index is 160. The van der Waals surface area contributed by atoms with E-state index in [1.165, 1.54) is 44.9 Å². The minimum absolute atomic E-state index is 0.288. The predicted molar refractivity (Wildman–Crippen MR) is 51.9 cm³/mol. The van der Waals surface area contributed by atoms with Crippen molar-refractivity contribution < 1.29 is 0 Å². The summed E-state index contributed by atoms with van der Waals surface area (Å²) in [4.78, 5) is 0. The third kappa shape index (κ3) is 1.82. The summed E-state index contributed by atoms with van der Waals surface area (Å²) in [7, 11) is 0. The highest BCUT2D eigenvalue weighted by Gasteiger charge is 2.41. The van der Waals surface area contributed by atoms with Crippen LogP contribution in [0.15, 0.2) is 0 Å². The van der Waals surface area contributed by atoms with Crippen molar-refractivity contribution in [1.29, 1.82) is 0 Å². The second-order valence-electron chi connectivity index (χ2n) is 5.09. The number of hydrogen-bond donors (Lipinski definition) is 1. The van der Waals surface area contributed by atoms with Crippen molar-refractivity contribution in [3.05, 3.63) is 0 Å². The minimum atomic E-state index is 0.288. The van der Waals surface area contributed by atoms with Gasteiger partial charge in [0.15, 0.2) is 0 Å². The summed E-state index contributed by atoms with van der Waals surface area (Å²) >= 11 is 0. The fraction of sp³-hybridized carbons (Fsp3) is 1.00. The maximum atomic E-state index is 6.14. The Kier molecular flexibility index (Phi) is 2.16. The molecule has 12 heavy (non-hydrogen) atoms. The van der Waals surface area contributed by atoms with E-state index in [0.717, 1.165) is 11.8 Å². The fourth-order valence-electron chi connectivity index (χ4n) is 2.58. The van der Waals surface area contributed by atoms with Crippen LogP contribution in [0.3, 0.4) is 0 Å². The molecule has 0 aliphatic heterocycles. The van der Waals surface area contributed by atoms with E-state index in [2.05, 4.69) is 6.92 Å². The van der Waals surface area contributed by atoms with Gasteiger partial charge in [-0.15, -0.1) is 0 Å². The Morgan fingerprint density at radius 1 is 1.25 bits per heavy atom. The largest absolute Gasteiger partial charge is 0.325 e. The zero-order chi connectivity index (χ0) is 8.60. The molecule has 2 aliphatic carbocycles. The van der Waals surface area contributed by atoms with Gasteiger partial charge in [-0.2, -0.15) is 0 Å². The first-order valence-electron chi connectivity index (χ1n) is 5.48. The third-order valence-corrected chi connectivity index (χ3v) is 3.85. The predicted octanol–water partition coefficient (Wildman–Crippen LogP) is 2.69. The van der Waals surface area contributed by atoms with E-state index in [1.54, 1.807) is 0 Å². The van der Waals surface area contributed by atoms with Crippen LogP contribution >= 0.6 is 0 Å². The zero-order valence-corrected chi connectivity index (χ0v) is 8.18. The molecule has 2 atom stereocenters. The topological polar surface area (TPSA) is 26.0 Å². The Morgan fingerprint density at radius 2 is 1.92 bits per heavy atom. The van der Waals surface area contributed by atoms with Crippen LogP contribution in [0.25, 0.3) is 0 Å². The molecular formula is C11H21N. The van der Waals surface area contributed by atoms with Crippen molar-refractivity contribution in [2.45, 2.75) is 57.4 Å². The molecule has 1 nitrogen and oxygen atoms in total. The van der Waals surface area contributed by atoms with Gasteiger partial charge >= 0.3 is 0 Å². The van der Waals surface area contributed by atoms with Crippen LogP contribution in [0.2, 0.25) is 0 Å². The van der Waals surface area contributed by atoms with E-state index in [9.17, 15) is 0 Å². The van der Waals surface area contributed by atoms with Gasteiger partial charge in [-0.25, -0.2) is 0 Å². The summed E-state index contributed by atoms with van der Waals surface area (Å²) in [5.74, 6) is 1.89. The summed E-state index contributed by atoms with van der Waals surface area (Å²) in [5, 5.41) is 0. The molecule has 2 unspecified atom stereocenters. The Labute approximate surface area is 75.7 Å². The molecule has 0 radical (unpaired) electrons. The molecular weight excluding hydrogens is 146 g/mol. The average molecular weight is 167 g/mol. The van der Waals surface area contributed by atoms with E-state index >= 15 is 0 Å². The first-order valence-corrected chi connectivity index (χ1v) is 5.48. The van der Waals surface area contributed by atoms with Gasteiger partial charge in [0.2, 0.25) is 0 Å². The third-order valence-electron chi connectivity index (χ3n) is 3.85. The minimum Gasteiger partial charge on any atom is -0.325 e. The van der Waals surface area contributed by atoms with Gasteiger partial charge in [-0.1, -0.05) is 32.6 Å². The van der Waals surface area contributed by atoms with Crippen LogP contribution in [-0.2, 0) is 0 Å². The summed E-state index contributed by atoms with van der Waals surface area (Å²) in [5.41, 5.74) is 6.43. The van der Waals surface area contributed by atoms with Gasteiger partial charge in [0.25, 0.3) is 0 Å². The van der Waals surface area contributed by atoms with Gasteiger partial charge in [0.05, 0.1) is 0 Å². The molecule has 0 spiro atoms. The maximum absolute atomic E-state index is 6.14. The molecule has 70 valence electrons. The molecule has 0 aromatic rings. The van der Waals surface area contributed by atoms with Crippen LogP contribution in [-0.4, -0.2) is 5.54 Å². The lowest BCUT2D eigenvalue weighted by Crippen LogP contribution is -2.29. The second kappa shape index (κ2) is 3.02. The van der Waals surface area contributed by atoms with Gasteiger partial charge in [0, 0.05) is 5.54 Å². The number of nitrogens with two attached hydrogens (primary N) is 1. The molecule has 0 heterocycles. The quantitative estimate of drug-likeness (QED) is 0.672. The van der Waals surface area contributed by atoms with Crippen LogP contribution in [0.4, 0.5) is 0 Å². The lowest BCUT2D eigenvalue weighted by Gasteiger charge is -2.30. The molecule has 2 fully saturated rings. The highest BCUT2D eigenvalue weighted by molar-refractivity contribution is 5.00. The first kappa shape index (κ1) is 8.55. The summed E-state index contributed by atoms with van der Waals surface area (Å²) in [6.45, 7) is 2.41. The van der Waals surface area contributed by atoms with Crippen LogP contribution in [0, 0.1) is 11.8 Å². The van der Waals surface area contributed by atoms with Crippen LogP contribution in [0.1, 0.15) is 51.9 Å². The Balaban J connectivity index is 1.84. The number of hydrogen-bond acceptors (Lipinski definition) is 1. The molecule has 0 bridgehead atoms. The second-order valence-corrected chi connectivity index (χ2v) is 5.09. The van der Waals surface area contributed by atoms with Crippen molar-refractivity contribution in [3.63, 3.8) is 0 Å². The normalized spacial score (nSPS) is 39.5. The highest BCUT2D eigenvalue weighted by Crippen LogP contribution is 2.43. The SMILES string of the molecule is CC1CCCCC1CC1(N)CC1. The van der Waals surface area contributed by atoms with Crippen molar-refractivity contribution >= 4 is 0 Å². The maximum Gasteiger partial charge on any atom is 0.0158 e. The van der Waals surface area contributed by atoms with Crippen LogP contribution in [0.5, 0.6) is 0 Å². The summed E-state index contributed by atoms with van der Waals surface area (Å²) in [6, 6.07) is 0. The zero-order valence-electron chi connectivity index (χ0n) is 8.18. The fourth-order valence-corrected chi connectivity index (χ4v) is 2.58. The molecule has 0 saturated heterocycles. The van der Waals surface area contributed by atoms with E-state index in [-0.39, 0.29) is 5.54 Å². The van der Waals surface area contributed by atoms with Crippen molar-refractivity contribution in [2.24, 2.45) is 17.6 Å². The van der Waals surface area contributed by atoms with E-state index in [4.69, 9.17) is 5.73 Å². The molecule has 0 amide bonds. The molecule has 2 rings (SSSR count). The first-order chi connectivity index (χ1) is 5.70. The highest BCUT2D eigenvalue weighted by atomic mass is 14.8. The van der Waals surface area contributed by atoms with E-state index in [1.807, 2.05) is 0 Å². The monoisotopic (exact) mass is 167 g/mol. The van der Waals surface area contributed by atoms with Gasteiger partial charge in [0.1, 0.15) is 0 Å².